The van der Waals surface area contributed by atoms with E-state index in [0.29, 0.717) is 16.8 Å². The minimum absolute atomic E-state index is 0.00563. The van der Waals surface area contributed by atoms with Crippen LogP contribution in [0.3, 0.4) is 0 Å². The molecular weight excluding hydrogens is 265 g/mol. The maximum atomic E-state index is 13.5. The fourth-order valence-corrected chi connectivity index (χ4v) is 2.59. The van der Waals surface area contributed by atoms with Crippen molar-refractivity contribution >= 4 is 27.3 Å². The number of amides is 1. The molecule has 5 heteroatoms. The molecule has 1 aromatic carbocycles. The van der Waals surface area contributed by atoms with Crippen molar-refractivity contribution in [2.75, 3.05) is 13.2 Å². The molecule has 0 aliphatic heterocycles. The summed E-state index contributed by atoms with van der Waals surface area (Å²) in [4.78, 5) is 12.5. The van der Waals surface area contributed by atoms with E-state index in [9.17, 15) is 9.18 Å². The monoisotopic (exact) mass is 281 g/mol. The van der Waals surface area contributed by atoms with Gasteiger partial charge in [-0.1, -0.05) is 19.9 Å². The molecule has 19 heavy (non-hydrogen) atoms. The van der Waals surface area contributed by atoms with Crippen LogP contribution in [0.5, 0.6) is 0 Å². The summed E-state index contributed by atoms with van der Waals surface area (Å²) < 4.78 is 14.3. The molecule has 1 heterocycles. The lowest BCUT2D eigenvalue weighted by Crippen LogP contribution is -2.35. The van der Waals surface area contributed by atoms with Crippen LogP contribution >= 0.6 is 11.3 Å². The van der Waals surface area contributed by atoms with E-state index in [2.05, 4.69) is 5.32 Å². The van der Waals surface area contributed by atoms with Crippen molar-refractivity contribution in [2.24, 2.45) is 5.41 Å². The molecular formula is C14H16FNO2S. The van der Waals surface area contributed by atoms with Gasteiger partial charge in [0, 0.05) is 28.7 Å². The molecule has 3 nitrogen and oxygen atoms in total. The first kappa shape index (κ1) is 14.0. The summed E-state index contributed by atoms with van der Waals surface area (Å²) in [6.45, 7) is 4.09. The molecule has 0 atom stereocenters. The summed E-state index contributed by atoms with van der Waals surface area (Å²) in [5, 5.41) is 12.4. The van der Waals surface area contributed by atoms with Gasteiger partial charge in [0.25, 0.3) is 5.91 Å². The number of hydrogen-bond donors (Lipinski definition) is 2. The van der Waals surface area contributed by atoms with E-state index in [1.807, 2.05) is 13.8 Å². The lowest BCUT2D eigenvalue weighted by molar-refractivity contribution is 0.0915. The molecule has 0 unspecified atom stereocenters. The van der Waals surface area contributed by atoms with Crippen molar-refractivity contribution < 1.29 is 14.3 Å². The van der Waals surface area contributed by atoms with Gasteiger partial charge in [0.15, 0.2) is 0 Å². The third kappa shape index (κ3) is 3.11. The molecule has 2 aromatic rings. The quantitative estimate of drug-likeness (QED) is 0.905. The van der Waals surface area contributed by atoms with Crippen LogP contribution in [-0.2, 0) is 0 Å². The highest BCUT2D eigenvalue weighted by atomic mass is 32.1. The highest BCUT2D eigenvalue weighted by molar-refractivity contribution is 7.20. The van der Waals surface area contributed by atoms with E-state index in [-0.39, 0.29) is 23.7 Å². The van der Waals surface area contributed by atoms with Gasteiger partial charge in [-0.3, -0.25) is 4.79 Å². The Balaban J connectivity index is 2.16. The number of fused-ring (bicyclic) bond motifs is 1. The lowest BCUT2D eigenvalue weighted by Gasteiger charge is -2.21. The number of aliphatic hydroxyl groups excluding tert-OH is 1. The third-order valence-electron chi connectivity index (χ3n) is 2.89. The number of thiophene rings is 1. The number of nitrogens with one attached hydrogen (secondary N) is 1. The standard InChI is InChI=1S/C14H16FNO2S/c1-14(2,8-17)7-16-13(18)12-6-9-10(15)4-3-5-11(9)19-12/h3-6,17H,7-8H2,1-2H3,(H,16,18). The zero-order valence-electron chi connectivity index (χ0n) is 10.9. The predicted molar refractivity (Wildman–Crippen MR) is 75.0 cm³/mol. The van der Waals surface area contributed by atoms with Crippen molar-refractivity contribution in [2.45, 2.75) is 13.8 Å². The van der Waals surface area contributed by atoms with E-state index < -0.39 is 0 Å². The van der Waals surface area contributed by atoms with Crippen molar-refractivity contribution in [3.63, 3.8) is 0 Å². The van der Waals surface area contributed by atoms with Crippen LogP contribution in [0, 0.1) is 11.2 Å². The topological polar surface area (TPSA) is 49.3 Å². The molecule has 2 rings (SSSR count). The van der Waals surface area contributed by atoms with Gasteiger partial charge in [0.2, 0.25) is 0 Å². The summed E-state index contributed by atoms with van der Waals surface area (Å²) in [6.07, 6.45) is 0. The number of benzene rings is 1. The highest BCUT2D eigenvalue weighted by Gasteiger charge is 2.19. The van der Waals surface area contributed by atoms with Crippen molar-refractivity contribution in [1.82, 2.24) is 5.32 Å². The molecule has 0 saturated carbocycles. The molecule has 1 aromatic heterocycles. The highest BCUT2D eigenvalue weighted by Crippen LogP contribution is 2.27. The van der Waals surface area contributed by atoms with Crippen molar-refractivity contribution in [3.8, 4) is 0 Å². The number of carbonyl (C=O) groups is 1. The van der Waals surface area contributed by atoms with Gasteiger partial charge in [-0.25, -0.2) is 4.39 Å². The second-order valence-electron chi connectivity index (χ2n) is 5.27. The van der Waals surface area contributed by atoms with Gasteiger partial charge in [0.1, 0.15) is 5.82 Å². The van der Waals surface area contributed by atoms with Crippen LogP contribution in [-0.4, -0.2) is 24.2 Å². The molecule has 0 spiro atoms. The summed E-state index contributed by atoms with van der Waals surface area (Å²) in [6, 6.07) is 6.37. The minimum Gasteiger partial charge on any atom is -0.396 e. The fraction of sp³-hybridized carbons (Fsp3) is 0.357. The number of carbonyl (C=O) groups excluding carboxylic acids is 1. The molecule has 0 bridgehead atoms. The number of aliphatic hydroxyl groups is 1. The van der Waals surface area contributed by atoms with Gasteiger partial charge in [0.05, 0.1) is 4.88 Å². The summed E-state index contributed by atoms with van der Waals surface area (Å²) in [5.41, 5.74) is -0.363. The van der Waals surface area contributed by atoms with Gasteiger partial charge >= 0.3 is 0 Å². The smallest absolute Gasteiger partial charge is 0.261 e. The Kier molecular flexibility index (Phi) is 3.87. The lowest BCUT2D eigenvalue weighted by atomic mass is 9.95. The minimum atomic E-state index is -0.363. The predicted octanol–water partition coefficient (Wildman–Crippen LogP) is 2.79. The van der Waals surface area contributed by atoms with Crippen molar-refractivity contribution in [1.29, 1.82) is 0 Å². The van der Waals surface area contributed by atoms with Crippen LogP contribution in [0.1, 0.15) is 23.5 Å². The number of halogens is 1. The average Bonchev–Trinajstić information content (AvgIpc) is 2.81. The van der Waals surface area contributed by atoms with E-state index in [0.717, 1.165) is 4.70 Å². The summed E-state index contributed by atoms with van der Waals surface area (Å²) >= 11 is 1.26. The van der Waals surface area contributed by atoms with Crippen LogP contribution in [0.4, 0.5) is 4.39 Å². The Morgan fingerprint density at radius 1 is 1.47 bits per heavy atom. The largest absolute Gasteiger partial charge is 0.396 e. The first-order valence-corrected chi connectivity index (χ1v) is 6.82. The second-order valence-corrected chi connectivity index (χ2v) is 6.35. The molecule has 0 fully saturated rings. The molecule has 102 valence electrons. The van der Waals surface area contributed by atoms with Crippen molar-refractivity contribution in [3.05, 3.63) is 35.0 Å². The number of rotatable bonds is 4. The zero-order chi connectivity index (χ0) is 14.0. The molecule has 0 aliphatic rings. The maximum absolute atomic E-state index is 13.5. The maximum Gasteiger partial charge on any atom is 0.261 e. The molecule has 2 N–H and O–H groups in total. The Labute approximate surface area is 115 Å². The first-order valence-electron chi connectivity index (χ1n) is 6.00. The number of hydrogen-bond acceptors (Lipinski definition) is 3. The molecule has 1 amide bonds. The Morgan fingerprint density at radius 2 is 2.21 bits per heavy atom. The van der Waals surface area contributed by atoms with E-state index in [4.69, 9.17) is 5.11 Å². The third-order valence-corrected chi connectivity index (χ3v) is 3.99. The second kappa shape index (κ2) is 5.27. The van der Waals surface area contributed by atoms with E-state index in [1.54, 1.807) is 18.2 Å². The van der Waals surface area contributed by atoms with E-state index in [1.165, 1.54) is 17.4 Å². The first-order chi connectivity index (χ1) is 8.93. The van der Waals surface area contributed by atoms with Crippen LogP contribution in [0.15, 0.2) is 24.3 Å². The Bertz CT molecular complexity index is 607. The normalized spacial score (nSPS) is 11.8. The Hall–Kier alpha value is -1.46. The SMILES string of the molecule is CC(C)(CO)CNC(=O)c1cc2c(F)cccc2s1. The Morgan fingerprint density at radius 3 is 2.84 bits per heavy atom. The van der Waals surface area contributed by atoms with Crippen LogP contribution < -0.4 is 5.32 Å². The van der Waals surface area contributed by atoms with Crippen LogP contribution in [0.2, 0.25) is 0 Å². The van der Waals surface area contributed by atoms with Gasteiger partial charge in [-0.05, 0) is 18.2 Å². The summed E-state index contributed by atoms with van der Waals surface area (Å²) in [5.74, 6) is -0.550. The van der Waals surface area contributed by atoms with Gasteiger partial charge in [-0.15, -0.1) is 11.3 Å². The van der Waals surface area contributed by atoms with Gasteiger partial charge < -0.3 is 10.4 Å². The molecule has 0 saturated heterocycles. The van der Waals surface area contributed by atoms with Crippen LogP contribution in [0.25, 0.3) is 10.1 Å². The molecule has 0 aliphatic carbocycles. The average molecular weight is 281 g/mol. The summed E-state index contributed by atoms with van der Waals surface area (Å²) in [7, 11) is 0. The van der Waals surface area contributed by atoms with E-state index >= 15 is 0 Å². The van der Waals surface area contributed by atoms with Gasteiger partial charge in [-0.2, -0.15) is 0 Å². The zero-order valence-corrected chi connectivity index (χ0v) is 11.7. The molecule has 0 radical (unpaired) electrons. The fourth-order valence-electron chi connectivity index (χ4n) is 1.60.